The van der Waals surface area contributed by atoms with Gasteiger partial charge in [0.1, 0.15) is 5.82 Å². The van der Waals surface area contributed by atoms with E-state index < -0.39 is 18.3 Å². The summed E-state index contributed by atoms with van der Waals surface area (Å²) in [4.78, 5) is 0. The van der Waals surface area contributed by atoms with Crippen LogP contribution in [0.15, 0.2) is 18.2 Å². The number of halogens is 4. The average molecular weight is 246 g/mol. The molecule has 1 rings (SSSR count). The molecule has 0 amide bonds. The van der Waals surface area contributed by atoms with Crippen LogP contribution in [0, 0.1) is 5.82 Å². The van der Waals surface area contributed by atoms with E-state index in [0.717, 1.165) is 12.1 Å². The molecule has 1 nitrogen and oxygen atoms in total. The van der Waals surface area contributed by atoms with Crippen molar-refractivity contribution in [3.8, 4) is 5.75 Å². The molecule has 0 aliphatic rings. The molecule has 0 aliphatic carbocycles. The first kappa shape index (κ1) is 15.4. The van der Waals surface area contributed by atoms with Gasteiger partial charge in [0.25, 0.3) is 0 Å². The van der Waals surface area contributed by atoms with Crippen LogP contribution in [0.25, 0.3) is 0 Å². The van der Waals surface area contributed by atoms with E-state index in [2.05, 4.69) is 0 Å². The normalized spacial score (nSPS) is 10.7. The third kappa shape index (κ3) is 4.44. The Hall–Kier alpha value is 0.441. The van der Waals surface area contributed by atoms with E-state index in [4.69, 9.17) is 4.74 Å². The van der Waals surface area contributed by atoms with Gasteiger partial charge in [0.2, 0.25) is 0 Å². The van der Waals surface area contributed by atoms with Crippen LogP contribution in [-0.4, -0.2) is 13.6 Å². The number of hydrogen-bond acceptors (Lipinski definition) is 1. The number of hydrogen-bond donors (Lipinski definition) is 0. The molecule has 0 N–H and O–H groups in total. The molecule has 7 heteroatoms. The Morgan fingerprint density at radius 3 is 2.33 bits per heavy atom. The molecular formula is C8H8BF4KO. The minimum atomic E-state index is -5.23. The average Bonchev–Trinajstić information content (AvgIpc) is 2.07. The maximum atomic E-state index is 12.6. The van der Waals surface area contributed by atoms with Crippen LogP contribution < -0.4 is 61.6 Å². The van der Waals surface area contributed by atoms with E-state index in [0.29, 0.717) is 6.07 Å². The fraction of sp³-hybridized carbons (Fsp3) is 0.250. The van der Waals surface area contributed by atoms with Gasteiger partial charge in [-0.25, -0.2) is 4.39 Å². The van der Waals surface area contributed by atoms with E-state index in [9.17, 15) is 17.3 Å². The SMILES string of the molecule is CCOc1ccc(F)cc1[B-](F)(F)F.[K+]. The summed E-state index contributed by atoms with van der Waals surface area (Å²) >= 11 is 0. The van der Waals surface area contributed by atoms with Gasteiger partial charge in [0.05, 0.1) is 12.4 Å². The molecule has 0 aliphatic heterocycles. The van der Waals surface area contributed by atoms with E-state index in [1.165, 1.54) is 0 Å². The second-order valence-electron chi connectivity index (χ2n) is 2.69. The molecule has 0 aromatic heterocycles. The first-order chi connectivity index (χ1) is 6.45. The van der Waals surface area contributed by atoms with Gasteiger partial charge in [-0.1, -0.05) is 5.46 Å². The number of benzene rings is 1. The predicted molar refractivity (Wildman–Crippen MR) is 46.3 cm³/mol. The summed E-state index contributed by atoms with van der Waals surface area (Å²) < 4.78 is 54.4. The Morgan fingerprint density at radius 1 is 1.27 bits per heavy atom. The largest absolute Gasteiger partial charge is 1.00 e. The molecule has 1 aromatic carbocycles. The number of ether oxygens (including phenoxy) is 1. The monoisotopic (exact) mass is 246 g/mol. The second-order valence-corrected chi connectivity index (χ2v) is 2.69. The maximum absolute atomic E-state index is 12.6. The van der Waals surface area contributed by atoms with Gasteiger partial charge in [-0.2, -0.15) is 0 Å². The topological polar surface area (TPSA) is 9.23 Å². The van der Waals surface area contributed by atoms with Crippen LogP contribution in [0.1, 0.15) is 6.92 Å². The van der Waals surface area contributed by atoms with Gasteiger partial charge in [-0.3, -0.25) is 0 Å². The van der Waals surface area contributed by atoms with Crippen molar-refractivity contribution < 1.29 is 73.5 Å². The molecule has 0 unspecified atom stereocenters. The minimum Gasteiger partial charge on any atom is -0.497 e. The van der Waals surface area contributed by atoms with Gasteiger partial charge in [0.15, 0.2) is 0 Å². The van der Waals surface area contributed by atoms with Crippen molar-refractivity contribution in [3.05, 3.63) is 24.0 Å². The fourth-order valence-corrected chi connectivity index (χ4v) is 1.06. The zero-order valence-electron chi connectivity index (χ0n) is 8.44. The van der Waals surface area contributed by atoms with E-state index in [1.807, 2.05) is 0 Å². The maximum Gasteiger partial charge on any atom is 1.00 e. The van der Waals surface area contributed by atoms with Crippen LogP contribution in [0.5, 0.6) is 5.75 Å². The van der Waals surface area contributed by atoms with Crippen molar-refractivity contribution in [1.29, 1.82) is 0 Å². The smallest absolute Gasteiger partial charge is 0.497 e. The van der Waals surface area contributed by atoms with Gasteiger partial charge in [-0.05, 0) is 25.1 Å². The molecule has 0 atom stereocenters. The first-order valence-electron chi connectivity index (χ1n) is 4.07. The zero-order valence-corrected chi connectivity index (χ0v) is 11.6. The molecule has 1 aromatic rings. The summed E-state index contributed by atoms with van der Waals surface area (Å²) in [6.07, 6.45) is 0. The summed E-state index contributed by atoms with van der Waals surface area (Å²) in [5.74, 6) is -1.23. The summed E-state index contributed by atoms with van der Waals surface area (Å²) in [6, 6.07) is 2.38. The molecule has 0 radical (unpaired) electrons. The molecule has 0 saturated carbocycles. The molecule has 0 saturated heterocycles. The van der Waals surface area contributed by atoms with Crippen LogP contribution in [-0.2, 0) is 0 Å². The molecule has 0 spiro atoms. The van der Waals surface area contributed by atoms with Crippen molar-refractivity contribution in [2.24, 2.45) is 0 Å². The van der Waals surface area contributed by atoms with Crippen molar-refractivity contribution in [3.63, 3.8) is 0 Å². The van der Waals surface area contributed by atoms with E-state index >= 15 is 0 Å². The van der Waals surface area contributed by atoms with Crippen molar-refractivity contribution in [1.82, 2.24) is 0 Å². The van der Waals surface area contributed by atoms with Gasteiger partial charge in [0, 0.05) is 0 Å². The molecule has 78 valence electrons. The van der Waals surface area contributed by atoms with Crippen molar-refractivity contribution in [2.45, 2.75) is 6.92 Å². The van der Waals surface area contributed by atoms with Gasteiger partial charge >= 0.3 is 58.4 Å². The van der Waals surface area contributed by atoms with Gasteiger partial charge in [-0.15, -0.1) is 0 Å². The van der Waals surface area contributed by atoms with Crippen molar-refractivity contribution in [2.75, 3.05) is 6.61 Å². The Kier molecular flexibility index (Phi) is 6.43. The third-order valence-electron chi connectivity index (χ3n) is 1.62. The van der Waals surface area contributed by atoms with E-state index in [-0.39, 0.29) is 63.7 Å². The zero-order chi connectivity index (χ0) is 10.8. The number of rotatable bonds is 3. The summed E-state index contributed by atoms with van der Waals surface area (Å²) in [5.41, 5.74) is -1.02. The van der Waals surface area contributed by atoms with Gasteiger partial charge < -0.3 is 17.7 Å². The fourth-order valence-electron chi connectivity index (χ4n) is 1.06. The summed E-state index contributed by atoms with van der Waals surface area (Å²) in [5, 5.41) is 0. The second kappa shape index (κ2) is 6.24. The Bertz CT molecular complexity index is 329. The van der Waals surface area contributed by atoms with Crippen LogP contribution in [0.3, 0.4) is 0 Å². The van der Waals surface area contributed by atoms with Crippen LogP contribution >= 0.6 is 0 Å². The molecule has 15 heavy (non-hydrogen) atoms. The molecule has 0 fully saturated rings. The molecule has 0 heterocycles. The van der Waals surface area contributed by atoms with Crippen molar-refractivity contribution >= 4 is 12.4 Å². The van der Waals surface area contributed by atoms with Crippen LogP contribution in [0.2, 0.25) is 0 Å². The molecule has 0 bridgehead atoms. The van der Waals surface area contributed by atoms with E-state index in [1.54, 1.807) is 6.92 Å². The standard InChI is InChI=1S/C8H8BF4O.K/c1-2-14-8-4-3-6(10)5-7(8)9(11,12)13;/h3-5H,2H2,1H3;/q-1;+1. The summed E-state index contributed by atoms with van der Waals surface area (Å²) in [7, 11) is 0. The third-order valence-corrected chi connectivity index (χ3v) is 1.62. The predicted octanol–water partition coefficient (Wildman–Crippen LogP) is -0.717. The Balaban J connectivity index is 0.00000196. The summed E-state index contributed by atoms with van der Waals surface area (Å²) in [6.45, 7) is -3.55. The molecular weight excluding hydrogens is 238 g/mol. The Morgan fingerprint density at radius 2 is 1.87 bits per heavy atom. The Labute approximate surface area is 128 Å². The minimum absolute atomic E-state index is 0. The quantitative estimate of drug-likeness (QED) is 0.505. The first-order valence-corrected chi connectivity index (χ1v) is 4.07. The van der Waals surface area contributed by atoms with Crippen LogP contribution in [0.4, 0.5) is 17.3 Å².